The van der Waals surface area contributed by atoms with E-state index in [4.69, 9.17) is 10.00 Å². The van der Waals surface area contributed by atoms with Crippen molar-refractivity contribution in [2.45, 2.75) is 18.5 Å². The van der Waals surface area contributed by atoms with Gasteiger partial charge in [0.2, 0.25) is 0 Å². The largest absolute Gasteiger partial charge is 0.396 e. The Bertz CT molecular complexity index is 287. The molecule has 0 amide bonds. The molecule has 1 aromatic carbocycles. The smallest absolute Gasteiger partial charge is 0.194 e. The molecule has 0 aliphatic carbocycles. The fourth-order valence-corrected chi connectivity index (χ4v) is 1.83. The van der Waals surface area contributed by atoms with E-state index in [0.717, 1.165) is 12.0 Å². The van der Waals surface area contributed by atoms with Crippen molar-refractivity contribution in [3.05, 3.63) is 35.9 Å². The fraction of sp³-hybridized carbons (Fsp3) is 0.400. The molecule has 0 saturated carbocycles. The number of aliphatic hydroxyl groups is 1. The van der Waals surface area contributed by atoms with Gasteiger partial charge in [-0.15, -0.1) is 0 Å². The first-order valence-electron chi connectivity index (χ1n) is 4.61. The molecule has 3 nitrogen and oxygen atoms in total. The maximum Gasteiger partial charge on any atom is 0.194 e. The summed E-state index contributed by atoms with van der Waals surface area (Å²) in [6, 6.07) is 9.75. The summed E-state index contributed by atoms with van der Waals surface area (Å²) >= 11 is 0. The standard InChI is InChI=1S/C10H15O3P/c11-8-10(14(12)13)7-6-9-4-2-1-3-5-9/h1-5,10-11,14H,6-8H2,(H,12,13). The summed E-state index contributed by atoms with van der Waals surface area (Å²) in [5.74, 6) is 0. The van der Waals surface area contributed by atoms with Crippen molar-refractivity contribution in [1.29, 1.82) is 0 Å². The second-order valence-electron chi connectivity index (χ2n) is 3.24. The van der Waals surface area contributed by atoms with Gasteiger partial charge >= 0.3 is 0 Å². The summed E-state index contributed by atoms with van der Waals surface area (Å²) in [5, 5.41) is 8.84. The lowest BCUT2D eigenvalue weighted by Gasteiger charge is -2.09. The highest BCUT2D eigenvalue weighted by Crippen LogP contribution is 2.25. The molecule has 0 heterocycles. The van der Waals surface area contributed by atoms with Crippen molar-refractivity contribution in [3.63, 3.8) is 0 Å². The van der Waals surface area contributed by atoms with Gasteiger partial charge in [-0.25, -0.2) is 0 Å². The lowest BCUT2D eigenvalue weighted by Crippen LogP contribution is -2.09. The van der Waals surface area contributed by atoms with E-state index in [1.165, 1.54) is 0 Å². The lowest BCUT2D eigenvalue weighted by atomic mass is 10.1. The SMILES string of the molecule is O=[PH](O)C(CO)CCc1ccccc1. The molecule has 1 rings (SSSR count). The molecule has 2 unspecified atom stereocenters. The van der Waals surface area contributed by atoms with Gasteiger partial charge in [0.05, 0.1) is 12.3 Å². The molecular formula is C10H15O3P. The zero-order chi connectivity index (χ0) is 10.4. The molecule has 0 aromatic heterocycles. The van der Waals surface area contributed by atoms with Crippen LogP contribution in [0.2, 0.25) is 0 Å². The Kier molecular flexibility index (Phi) is 4.88. The molecular weight excluding hydrogens is 199 g/mol. The summed E-state index contributed by atoms with van der Waals surface area (Å²) in [4.78, 5) is 8.88. The number of rotatable bonds is 5. The molecule has 0 radical (unpaired) electrons. The molecule has 0 aliphatic rings. The van der Waals surface area contributed by atoms with Crippen LogP contribution in [0.25, 0.3) is 0 Å². The van der Waals surface area contributed by atoms with Crippen LogP contribution in [0.3, 0.4) is 0 Å². The third-order valence-corrected chi connectivity index (χ3v) is 3.36. The van der Waals surface area contributed by atoms with Crippen LogP contribution in [-0.4, -0.2) is 22.3 Å². The van der Waals surface area contributed by atoms with Gasteiger partial charge in [0, 0.05) is 0 Å². The monoisotopic (exact) mass is 214 g/mol. The molecule has 0 bridgehead atoms. The predicted octanol–water partition coefficient (Wildman–Crippen LogP) is 1.45. The van der Waals surface area contributed by atoms with Crippen molar-refractivity contribution in [2.75, 3.05) is 6.61 Å². The fourth-order valence-electron chi connectivity index (χ4n) is 1.28. The zero-order valence-corrected chi connectivity index (χ0v) is 8.89. The van der Waals surface area contributed by atoms with Gasteiger partial charge in [-0.3, -0.25) is 4.57 Å². The van der Waals surface area contributed by atoms with E-state index in [9.17, 15) is 4.57 Å². The lowest BCUT2D eigenvalue weighted by molar-refractivity contribution is 0.281. The Balaban J connectivity index is 2.44. The second kappa shape index (κ2) is 5.97. The van der Waals surface area contributed by atoms with Gasteiger partial charge in [-0.05, 0) is 18.4 Å². The molecule has 1 aromatic rings. The molecule has 0 spiro atoms. The van der Waals surface area contributed by atoms with Gasteiger partial charge in [-0.2, -0.15) is 0 Å². The van der Waals surface area contributed by atoms with Crippen LogP contribution < -0.4 is 0 Å². The minimum Gasteiger partial charge on any atom is -0.396 e. The van der Waals surface area contributed by atoms with Crippen molar-refractivity contribution >= 4 is 8.03 Å². The van der Waals surface area contributed by atoms with Crippen LogP contribution in [0.1, 0.15) is 12.0 Å². The average molecular weight is 214 g/mol. The van der Waals surface area contributed by atoms with E-state index >= 15 is 0 Å². The van der Waals surface area contributed by atoms with Crippen LogP contribution in [0.4, 0.5) is 0 Å². The molecule has 4 heteroatoms. The number of hydrogen-bond acceptors (Lipinski definition) is 2. The second-order valence-corrected chi connectivity index (χ2v) is 4.73. The first kappa shape index (κ1) is 11.4. The van der Waals surface area contributed by atoms with Crippen molar-refractivity contribution < 1.29 is 14.6 Å². The maximum absolute atomic E-state index is 10.8. The first-order valence-corrected chi connectivity index (χ1v) is 6.05. The van der Waals surface area contributed by atoms with Gasteiger partial charge < -0.3 is 10.00 Å². The van der Waals surface area contributed by atoms with Gasteiger partial charge in [0.25, 0.3) is 0 Å². The number of aliphatic hydroxyl groups excluding tert-OH is 1. The Hall–Kier alpha value is -0.630. The maximum atomic E-state index is 10.8. The average Bonchev–Trinajstić information content (AvgIpc) is 2.20. The molecule has 0 saturated heterocycles. The van der Waals surface area contributed by atoms with Crippen molar-refractivity contribution in [2.24, 2.45) is 0 Å². The van der Waals surface area contributed by atoms with E-state index in [0.29, 0.717) is 6.42 Å². The van der Waals surface area contributed by atoms with E-state index < -0.39 is 13.7 Å². The Morgan fingerprint density at radius 2 is 1.93 bits per heavy atom. The third kappa shape index (κ3) is 3.62. The molecule has 78 valence electrons. The molecule has 0 aliphatic heterocycles. The molecule has 0 fully saturated rings. The quantitative estimate of drug-likeness (QED) is 0.729. The van der Waals surface area contributed by atoms with Gasteiger partial charge in [0.15, 0.2) is 8.03 Å². The Labute approximate surface area is 84.3 Å². The number of hydrogen-bond donors (Lipinski definition) is 2. The summed E-state index contributed by atoms with van der Waals surface area (Å²) in [6.07, 6.45) is 1.30. The highest BCUT2D eigenvalue weighted by atomic mass is 31.1. The van der Waals surface area contributed by atoms with Crippen LogP contribution >= 0.6 is 8.03 Å². The first-order chi connectivity index (χ1) is 6.74. The van der Waals surface area contributed by atoms with Crippen LogP contribution in [0, 0.1) is 0 Å². The highest BCUT2D eigenvalue weighted by molar-refractivity contribution is 7.38. The van der Waals surface area contributed by atoms with E-state index in [2.05, 4.69) is 0 Å². The minimum absolute atomic E-state index is 0.207. The summed E-state index contributed by atoms with van der Waals surface area (Å²) < 4.78 is 10.8. The Morgan fingerprint density at radius 3 is 2.43 bits per heavy atom. The van der Waals surface area contributed by atoms with Gasteiger partial charge in [0.1, 0.15) is 0 Å². The number of benzene rings is 1. The minimum atomic E-state index is -2.59. The third-order valence-electron chi connectivity index (χ3n) is 2.19. The highest BCUT2D eigenvalue weighted by Gasteiger charge is 2.12. The van der Waals surface area contributed by atoms with Crippen LogP contribution in [0.15, 0.2) is 30.3 Å². The van der Waals surface area contributed by atoms with Gasteiger partial charge in [-0.1, -0.05) is 30.3 Å². The predicted molar refractivity (Wildman–Crippen MR) is 56.9 cm³/mol. The van der Waals surface area contributed by atoms with E-state index in [-0.39, 0.29) is 6.61 Å². The topological polar surface area (TPSA) is 57.5 Å². The summed E-state index contributed by atoms with van der Waals surface area (Å²) in [7, 11) is -2.59. The van der Waals surface area contributed by atoms with E-state index in [1.807, 2.05) is 30.3 Å². The molecule has 14 heavy (non-hydrogen) atoms. The normalized spacial score (nSPS) is 15.0. The van der Waals surface area contributed by atoms with Crippen molar-refractivity contribution in [1.82, 2.24) is 0 Å². The van der Waals surface area contributed by atoms with Crippen LogP contribution in [-0.2, 0) is 11.0 Å². The van der Waals surface area contributed by atoms with E-state index in [1.54, 1.807) is 0 Å². The number of aryl methyl sites for hydroxylation is 1. The zero-order valence-electron chi connectivity index (χ0n) is 7.89. The molecule has 2 N–H and O–H groups in total. The summed E-state index contributed by atoms with van der Waals surface area (Å²) in [5.41, 5.74) is 0.675. The summed E-state index contributed by atoms with van der Waals surface area (Å²) in [6.45, 7) is -0.207. The Morgan fingerprint density at radius 1 is 1.29 bits per heavy atom. The molecule has 2 atom stereocenters. The van der Waals surface area contributed by atoms with Crippen molar-refractivity contribution in [3.8, 4) is 0 Å². The van der Waals surface area contributed by atoms with Crippen LogP contribution in [0.5, 0.6) is 0 Å².